The van der Waals surface area contributed by atoms with Gasteiger partial charge in [0.25, 0.3) is 0 Å². The Morgan fingerprint density at radius 2 is 0.606 bits per heavy atom. The second-order valence-electron chi connectivity index (χ2n) is 24.7. The summed E-state index contributed by atoms with van der Waals surface area (Å²) in [5.41, 5.74) is 25.3. The van der Waals surface area contributed by atoms with Crippen molar-refractivity contribution in [2.75, 3.05) is 9.80 Å². The van der Waals surface area contributed by atoms with Crippen LogP contribution in [0.1, 0.15) is 0 Å². The summed E-state index contributed by atoms with van der Waals surface area (Å²) in [7, 11) is 0. The van der Waals surface area contributed by atoms with Crippen LogP contribution in [-0.4, -0.2) is 39.0 Å². The molecule has 8 aromatic heterocycles. The molecule has 0 N–H and O–H groups in total. The van der Waals surface area contributed by atoms with Crippen LogP contribution < -0.4 is 9.80 Å². The Bertz CT molecular complexity index is 6100. The smallest absolute Gasteiger partial charge is 0.346 e. The molecule has 0 saturated carbocycles. The van der Waals surface area contributed by atoms with E-state index in [2.05, 4.69) is 275 Å². The minimum atomic E-state index is 0. The van der Waals surface area contributed by atoms with Gasteiger partial charge in [0.05, 0.1) is 44.1 Å². The summed E-state index contributed by atoms with van der Waals surface area (Å²) in [6.45, 7) is 0. The standard InChI is InChI=1S/C49H31N5.C43H27N5.2Pt/c1-2-15-39(16-3-1)54-47-27-24-35(32-43(47)49-48(54)33-38-12-4-5-21-46(38)52-49)34-22-25-40(26-23-34)53(41-17-10-13-36(30-41)44-19-6-8-28-50-44)42-18-11-14-37(31-42)45-20-7-9-29-51-45;1-2-15-33(16-3-1)48-41-23-22-36(29-37(41)43-42(48)28-32-12-4-5-21-40(32)46-43)47(34-17-10-13-30(26-34)38-19-6-8-24-44-38)35-18-11-14-31(27-35)39-20-7-9-25-45-39;;/h1-29,32-33H;1-25,28-29H;;/q2*-2;2*+2. The number of fused-ring (bicyclic) bond motifs is 8. The molecule has 0 unspecified atom stereocenters. The van der Waals surface area contributed by atoms with Crippen molar-refractivity contribution < 1.29 is 42.1 Å². The zero-order valence-electron chi connectivity index (χ0n) is 55.6. The number of rotatable bonds is 13. The van der Waals surface area contributed by atoms with Gasteiger partial charge in [-0.2, -0.15) is 0 Å². The van der Waals surface area contributed by atoms with E-state index in [1.165, 1.54) is 0 Å². The number of pyridine rings is 6. The number of hydrogen-bond donors (Lipinski definition) is 0. The van der Waals surface area contributed by atoms with Gasteiger partial charge in [0.15, 0.2) is 0 Å². The van der Waals surface area contributed by atoms with Crippen molar-refractivity contribution in [2.24, 2.45) is 0 Å². The minimum absolute atomic E-state index is 0. The van der Waals surface area contributed by atoms with Crippen LogP contribution in [0.3, 0.4) is 0 Å². The molecular weight excluding hydrogens is 1640 g/mol. The fraction of sp³-hybridized carbons (Fsp3) is 0. The van der Waals surface area contributed by atoms with E-state index >= 15 is 0 Å². The third-order valence-corrected chi connectivity index (χ3v) is 18.4. The molecule has 0 spiro atoms. The summed E-state index contributed by atoms with van der Waals surface area (Å²) in [6.07, 6.45) is 7.24. The monoisotopic (exact) mass is 1690 g/mol. The SMILES string of the molecule is [Pt+2].[Pt+2].[c-]1c(-c2ccccn2)cccc1N(c1[c-]c(-c2ccccn2)ccc1)c1ccc(-c2ccc3c(c2)c2nc4ccccc4cc2n3-c2ccccc2)cc1.[c-]1c(-c2ccccn2)cccc1N(c1[c-]c(-c2ccccn2)ccc1)c1ccc2c(c1)c1nc3ccccc3cc1n2-c1ccccc1. The molecule has 10 nitrogen and oxygen atoms in total. The first-order chi connectivity index (χ1) is 50.6. The van der Waals surface area contributed by atoms with E-state index in [4.69, 9.17) is 9.97 Å². The summed E-state index contributed by atoms with van der Waals surface area (Å²) >= 11 is 0. The zero-order valence-corrected chi connectivity index (χ0v) is 60.1. The normalized spacial score (nSPS) is 11.1. The average molecular weight is 1690 g/mol. The van der Waals surface area contributed by atoms with Crippen molar-refractivity contribution in [3.8, 4) is 67.5 Å². The number of nitrogens with zero attached hydrogens (tertiary/aromatic N) is 10. The van der Waals surface area contributed by atoms with Gasteiger partial charge in [-0.05, 0) is 172 Å². The van der Waals surface area contributed by atoms with Crippen molar-refractivity contribution in [3.63, 3.8) is 0 Å². The molecule has 0 aliphatic rings. The summed E-state index contributed by atoms with van der Waals surface area (Å²) < 4.78 is 4.62. The van der Waals surface area contributed by atoms with Crippen molar-refractivity contribution in [3.05, 3.63) is 377 Å². The van der Waals surface area contributed by atoms with Crippen molar-refractivity contribution in [1.82, 2.24) is 39.0 Å². The van der Waals surface area contributed by atoms with Crippen LogP contribution in [0.5, 0.6) is 0 Å². The third-order valence-electron chi connectivity index (χ3n) is 18.4. The molecule has 496 valence electrons. The molecule has 0 fully saturated rings. The maximum absolute atomic E-state index is 5.23. The molecule has 0 bridgehead atoms. The van der Waals surface area contributed by atoms with Gasteiger partial charge in [-0.15, -0.1) is 119 Å². The molecule has 12 heteroatoms. The maximum Gasteiger partial charge on any atom is 2.00 e. The van der Waals surface area contributed by atoms with Gasteiger partial charge in [-0.3, -0.25) is 0 Å². The van der Waals surface area contributed by atoms with Crippen LogP contribution in [-0.2, 0) is 42.1 Å². The Balaban J connectivity index is 0.000000158. The number of anilines is 6. The van der Waals surface area contributed by atoms with Gasteiger partial charge in [-0.1, -0.05) is 140 Å². The van der Waals surface area contributed by atoms with E-state index < -0.39 is 0 Å². The number of hydrogen-bond acceptors (Lipinski definition) is 8. The zero-order chi connectivity index (χ0) is 67.7. The summed E-state index contributed by atoms with van der Waals surface area (Å²) in [5, 5.41) is 4.40. The third kappa shape index (κ3) is 12.8. The second kappa shape index (κ2) is 29.2. The fourth-order valence-corrected chi connectivity index (χ4v) is 13.7. The van der Waals surface area contributed by atoms with E-state index in [-0.39, 0.29) is 42.1 Å². The molecule has 19 aromatic rings. The van der Waals surface area contributed by atoms with E-state index in [1.54, 1.807) is 0 Å². The summed E-state index contributed by atoms with van der Waals surface area (Å²) in [6, 6.07) is 127. The number of benzene rings is 11. The van der Waals surface area contributed by atoms with Crippen LogP contribution in [0.15, 0.2) is 352 Å². The second-order valence-corrected chi connectivity index (χ2v) is 24.7. The van der Waals surface area contributed by atoms with Crippen molar-refractivity contribution in [1.29, 1.82) is 0 Å². The molecule has 8 heterocycles. The predicted octanol–water partition coefficient (Wildman–Crippen LogP) is 22.7. The summed E-state index contributed by atoms with van der Waals surface area (Å²) in [5.74, 6) is 0. The van der Waals surface area contributed by atoms with E-state index in [9.17, 15) is 0 Å². The van der Waals surface area contributed by atoms with Crippen molar-refractivity contribution >= 4 is 99.8 Å². The first-order valence-corrected chi connectivity index (χ1v) is 33.8. The molecule has 0 saturated heterocycles. The van der Waals surface area contributed by atoms with E-state index in [1.807, 2.05) is 140 Å². The molecule has 0 aliphatic carbocycles. The maximum atomic E-state index is 5.23. The van der Waals surface area contributed by atoms with Gasteiger partial charge >= 0.3 is 42.1 Å². The predicted molar refractivity (Wildman–Crippen MR) is 415 cm³/mol. The van der Waals surface area contributed by atoms with Crippen LogP contribution in [0.4, 0.5) is 34.1 Å². The first-order valence-electron chi connectivity index (χ1n) is 33.8. The van der Waals surface area contributed by atoms with Crippen LogP contribution >= 0.6 is 0 Å². The Morgan fingerprint density at radius 3 is 1.01 bits per heavy atom. The van der Waals surface area contributed by atoms with Gasteiger partial charge in [0.2, 0.25) is 0 Å². The van der Waals surface area contributed by atoms with E-state index in [0.29, 0.717) is 0 Å². The molecule has 0 amide bonds. The largest absolute Gasteiger partial charge is 2.00 e. The van der Waals surface area contributed by atoms with Crippen molar-refractivity contribution in [2.45, 2.75) is 0 Å². The molecule has 11 aromatic carbocycles. The number of aromatic nitrogens is 8. The van der Waals surface area contributed by atoms with Gasteiger partial charge in [0, 0.05) is 69.1 Å². The molecular formula is C92H58N10Pt2. The Kier molecular flexibility index (Phi) is 18.5. The van der Waals surface area contributed by atoms with Crippen LogP contribution in [0.25, 0.3) is 133 Å². The quantitative estimate of drug-likeness (QED) is 0.105. The van der Waals surface area contributed by atoms with Gasteiger partial charge in [0.1, 0.15) is 0 Å². The summed E-state index contributed by atoms with van der Waals surface area (Å²) in [4.78, 5) is 33.2. The number of para-hydroxylation sites is 4. The van der Waals surface area contributed by atoms with Gasteiger partial charge < -0.3 is 38.9 Å². The first kappa shape index (κ1) is 66.0. The van der Waals surface area contributed by atoms with Gasteiger partial charge in [-0.25, -0.2) is 9.97 Å². The van der Waals surface area contributed by atoms with Crippen LogP contribution in [0, 0.1) is 24.3 Å². The minimum Gasteiger partial charge on any atom is -0.346 e. The fourth-order valence-electron chi connectivity index (χ4n) is 13.7. The molecule has 0 aliphatic heterocycles. The van der Waals surface area contributed by atoms with E-state index in [0.717, 1.165) is 167 Å². The molecule has 104 heavy (non-hydrogen) atoms. The molecule has 0 atom stereocenters. The topological polar surface area (TPSA) is 93.7 Å². The average Bonchev–Trinajstić information content (AvgIpc) is 1.58. The Labute approximate surface area is 630 Å². The molecule has 0 radical (unpaired) electrons. The Hall–Kier alpha value is -12.6. The Morgan fingerprint density at radius 1 is 0.260 bits per heavy atom. The van der Waals surface area contributed by atoms with Crippen LogP contribution in [0.2, 0.25) is 0 Å². The molecule has 19 rings (SSSR count).